The molecule has 0 fully saturated rings. The van der Waals surface area contributed by atoms with E-state index < -0.39 is 11.9 Å². The van der Waals surface area contributed by atoms with E-state index >= 15 is 0 Å². The van der Waals surface area contributed by atoms with Gasteiger partial charge in [0.05, 0.1) is 37.2 Å². The Hall–Kier alpha value is -2.56. The molecule has 28 heavy (non-hydrogen) atoms. The second-order valence-electron chi connectivity index (χ2n) is 5.53. The molecule has 0 amide bonds. The van der Waals surface area contributed by atoms with Gasteiger partial charge in [0.2, 0.25) is 5.88 Å². The fraction of sp³-hybridized carbons (Fsp3) is 0.333. The van der Waals surface area contributed by atoms with E-state index in [9.17, 15) is 14.7 Å². The molecule has 150 valence electrons. The molecule has 1 aromatic heterocycles. The first-order chi connectivity index (χ1) is 13.4. The number of benzene rings is 1. The van der Waals surface area contributed by atoms with Crippen molar-refractivity contribution in [3.05, 3.63) is 38.2 Å². The number of rotatable bonds is 8. The first-order valence-electron chi connectivity index (χ1n) is 8.19. The predicted molar refractivity (Wildman–Crippen MR) is 108 cm³/mol. The van der Waals surface area contributed by atoms with Gasteiger partial charge in [0.1, 0.15) is 4.88 Å². The number of aromatic nitrogens is 1. The van der Waals surface area contributed by atoms with Crippen LogP contribution in [-0.4, -0.2) is 55.8 Å². The van der Waals surface area contributed by atoms with Crippen molar-refractivity contribution in [3.63, 3.8) is 0 Å². The largest absolute Gasteiger partial charge is 0.493 e. The van der Waals surface area contributed by atoms with Crippen LogP contribution in [0.25, 0.3) is 0 Å². The van der Waals surface area contributed by atoms with Gasteiger partial charge in [-0.25, -0.2) is 9.59 Å². The Morgan fingerprint density at radius 2 is 1.96 bits per heavy atom. The lowest BCUT2D eigenvalue weighted by molar-refractivity contribution is 0.0587. The average molecular weight is 425 g/mol. The maximum Gasteiger partial charge on any atom is 0.340 e. The predicted octanol–water partition coefficient (Wildman–Crippen LogP) is 3.34. The summed E-state index contributed by atoms with van der Waals surface area (Å²) in [6.07, 6.45) is 2.09. The molecule has 0 saturated carbocycles. The van der Waals surface area contributed by atoms with E-state index in [0.717, 1.165) is 0 Å². The number of nitrogens with zero attached hydrogens (tertiary/aromatic N) is 2. The van der Waals surface area contributed by atoms with Gasteiger partial charge in [-0.15, -0.1) is 0 Å². The Bertz CT molecular complexity index is 948. The maximum atomic E-state index is 12.0. The highest BCUT2D eigenvalue weighted by atomic mass is 32.1. The number of thiazole rings is 1. The summed E-state index contributed by atoms with van der Waals surface area (Å²) in [5, 5.41) is 10.4. The highest BCUT2D eigenvalue weighted by Gasteiger charge is 2.16. The van der Waals surface area contributed by atoms with E-state index in [2.05, 4.69) is 4.99 Å². The molecule has 0 saturated heterocycles. The van der Waals surface area contributed by atoms with Gasteiger partial charge < -0.3 is 19.3 Å². The van der Waals surface area contributed by atoms with Crippen LogP contribution in [0.15, 0.2) is 23.2 Å². The van der Waals surface area contributed by atoms with Crippen LogP contribution in [0.3, 0.4) is 0 Å². The van der Waals surface area contributed by atoms with Crippen LogP contribution in [0.4, 0.5) is 5.69 Å². The normalized spacial score (nSPS) is 11.0. The molecule has 0 radical (unpaired) electrons. The van der Waals surface area contributed by atoms with E-state index in [0.29, 0.717) is 28.4 Å². The summed E-state index contributed by atoms with van der Waals surface area (Å²) in [4.78, 5) is 28.4. The second-order valence-corrected chi connectivity index (χ2v) is 7.20. The average Bonchev–Trinajstić information content (AvgIpc) is 2.98. The van der Waals surface area contributed by atoms with E-state index in [4.69, 9.17) is 26.4 Å². The quantitative estimate of drug-likeness (QED) is 0.300. The fourth-order valence-electron chi connectivity index (χ4n) is 2.36. The Morgan fingerprint density at radius 1 is 1.25 bits per heavy atom. The molecule has 2 aromatic rings. The summed E-state index contributed by atoms with van der Waals surface area (Å²) < 4.78 is 16.5. The zero-order valence-electron chi connectivity index (χ0n) is 15.6. The van der Waals surface area contributed by atoms with Crippen molar-refractivity contribution in [2.45, 2.75) is 13.0 Å². The molecule has 0 unspecified atom stereocenters. The fourth-order valence-corrected chi connectivity index (χ4v) is 3.59. The Morgan fingerprint density at radius 3 is 2.61 bits per heavy atom. The number of esters is 2. The second kappa shape index (κ2) is 10.1. The molecule has 0 aliphatic heterocycles. The number of methoxy groups -OCH3 is 3. The van der Waals surface area contributed by atoms with Crippen LogP contribution in [0.1, 0.15) is 32.0 Å². The van der Waals surface area contributed by atoms with E-state index in [1.165, 1.54) is 50.0 Å². The van der Waals surface area contributed by atoms with Crippen molar-refractivity contribution >= 4 is 47.4 Å². The Kier molecular flexibility index (Phi) is 7.85. The van der Waals surface area contributed by atoms with Crippen molar-refractivity contribution in [1.82, 2.24) is 4.57 Å². The van der Waals surface area contributed by atoms with Crippen molar-refractivity contribution in [2.24, 2.45) is 4.99 Å². The summed E-state index contributed by atoms with van der Waals surface area (Å²) in [6, 6.07) is 4.30. The third-order valence-electron chi connectivity index (χ3n) is 3.77. The standard InChI is InChI=1S/C18H20N2O6S2/c1-24-8-4-7-20-15(21)14(28-18(20)27)10-19-13-9-11(16(22)25-2)5-6-12(13)17(23)26-3/h5-6,9-10,21H,4,7-8H2,1-3H3. The van der Waals surface area contributed by atoms with Crippen LogP contribution in [0.5, 0.6) is 5.88 Å². The number of carbonyl (C=O) groups is 2. The van der Waals surface area contributed by atoms with Gasteiger partial charge in [0.25, 0.3) is 0 Å². The molecule has 8 nitrogen and oxygen atoms in total. The highest BCUT2D eigenvalue weighted by molar-refractivity contribution is 7.73. The molecule has 2 rings (SSSR count). The van der Waals surface area contributed by atoms with Gasteiger partial charge in [0, 0.05) is 20.3 Å². The summed E-state index contributed by atoms with van der Waals surface area (Å²) in [5.41, 5.74) is 0.615. The van der Waals surface area contributed by atoms with E-state index in [1.807, 2.05) is 0 Å². The molecule has 10 heteroatoms. The number of aliphatic imine (C=N–C) groups is 1. The number of hydrogen-bond acceptors (Lipinski definition) is 9. The van der Waals surface area contributed by atoms with Crippen molar-refractivity contribution in [1.29, 1.82) is 0 Å². The molecule has 0 bridgehead atoms. The minimum atomic E-state index is -0.599. The van der Waals surface area contributed by atoms with Crippen LogP contribution < -0.4 is 0 Å². The minimum absolute atomic E-state index is 0.0152. The molecule has 0 spiro atoms. The molecule has 0 aliphatic carbocycles. The van der Waals surface area contributed by atoms with Crippen molar-refractivity contribution < 1.29 is 28.9 Å². The first kappa shape index (κ1) is 21.7. The number of ether oxygens (including phenoxy) is 3. The SMILES string of the molecule is COCCCn1c(O)c(C=Nc2cc(C(=O)OC)ccc2C(=O)OC)sc1=S. The van der Waals surface area contributed by atoms with Gasteiger partial charge >= 0.3 is 11.9 Å². The third kappa shape index (κ3) is 5.03. The molecule has 1 aromatic carbocycles. The number of hydrogen-bond donors (Lipinski definition) is 1. The molecule has 1 N–H and O–H groups in total. The van der Waals surface area contributed by atoms with Gasteiger partial charge in [-0.05, 0) is 36.8 Å². The van der Waals surface area contributed by atoms with Gasteiger partial charge in [-0.3, -0.25) is 9.56 Å². The van der Waals surface area contributed by atoms with Crippen LogP contribution >= 0.6 is 23.6 Å². The van der Waals surface area contributed by atoms with Crippen molar-refractivity contribution in [2.75, 3.05) is 27.9 Å². The molecule has 1 heterocycles. The first-order valence-corrected chi connectivity index (χ1v) is 9.41. The Balaban J connectivity index is 2.39. The smallest absolute Gasteiger partial charge is 0.340 e. The molecular weight excluding hydrogens is 404 g/mol. The maximum absolute atomic E-state index is 12.0. The lowest BCUT2D eigenvalue weighted by Gasteiger charge is -2.06. The van der Waals surface area contributed by atoms with Crippen LogP contribution in [0, 0.1) is 3.95 Å². The van der Waals surface area contributed by atoms with Crippen LogP contribution in [-0.2, 0) is 20.8 Å². The zero-order chi connectivity index (χ0) is 20.7. The monoisotopic (exact) mass is 424 g/mol. The van der Waals surface area contributed by atoms with E-state index in [1.54, 1.807) is 11.7 Å². The number of aromatic hydroxyl groups is 1. The summed E-state index contributed by atoms with van der Waals surface area (Å²) >= 11 is 6.46. The topological polar surface area (TPSA) is 99.4 Å². The third-order valence-corrected chi connectivity index (χ3v) is 5.14. The lowest BCUT2D eigenvalue weighted by atomic mass is 10.1. The summed E-state index contributed by atoms with van der Waals surface area (Å²) in [7, 11) is 4.12. The van der Waals surface area contributed by atoms with Gasteiger partial charge in [-0.1, -0.05) is 11.3 Å². The zero-order valence-corrected chi connectivity index (χ0v) is 17.3. The molecule has 0 atom stereocenters. The van der Waals surface area contributed by atoms with Gasteiger partial charge in [0.15, 0.2) is 3.95 Å². The molecular formula is C18H20N2O6S2. The highest BCUT2D eigenvalue weighted by Crippen LogP contribution is 2.27. The van der Waals surface area contributed by atoms with E-state index in [-0.39, 0.29) is 22.7 Å². The molecule has 0 aliphatic rings. The van der Waals surface area contributed by atoms with Crippen LogP contribution in [0.2, 0.25) is 0 Å². The lowest BCUT2D eigenvalue weighted by Crippen LogP contribution is -2.05. The Labute approximate surface area is 171 Å². The number of carbonyl (C=O) groups excluding carboxylic acids is 2. The van der Waals surface area contributed by atoms with Crippen molar-refractivity contribution in [3.8, 4) is 5.88 Å². The minimum Gasteiger partial charge on any atom is -0.493 e. The summed E-state index contributed by atoms with van der Waals surface area (Å²) in [6.45, 7) is 1.05. The van der Waals surface area contributed by atoms with Gasteiger partial charge in [-0.2, -0.15) is 0 Å². The summed E-state index contributed by atoms with van der Waals surface area (Å²) in [5.74, 6) is -1.17.